The van der Waals surface area contributed by atoms with E-state index in [1.165, 1.54) is 18.2 Å². The van der Waals surface area contributed by atoms with Crippen LogP contribution in [-0.2, 0) is 19.1 Å². The lowest BCUT2D eigenvalue weighted by Gasteiger charge is -2.35. The van der Waals surface area contributed by atoms with E-state index in [2.05, 4.69) is 0 Å². The van der Waals surface area contributed by atoms with E-state index in [1.54, 1.807) is 6.20 Å². The maximum Gasteiger partial charge on any atom is 0.330 e. The fourth-order valence-electron chi connectivity index (χ4n) is 6.52. The molecule has 8 heteroatoms. The van der Waals surface area contributed by atoms with Crippen molar-refractivity contribution in [2.45, 2.75) is 18.2 Å². The minimum atomic E-state index is -1.03. The van der Waals surface area contributed by atoms with Gasteiger partial charge in [-0.3, -0.25) is 9.59 Å². The molecule has 7 rings (SSSR count). The van der Waals surface area contributed by atoms with Crippen molar-refractivity contribution in [1.29, 1.82) is 0 Å². The van der Waals surface area contributed by atoms with E-state index in [-0.39, 0.29) is 5.69 Å². The van der Waals surface area contributed by atoms with E-state index in [0.29, 0.717) is 10.0 Å². The maximum absolute atomic E-state index is 14.3. The zero-order valence-corrected chi connectivity index (χ0v) is 23.7. The smallest absolute Gasteiger partial charge is 0.330 e. The van der Waals surface area contributed by atoms with Gasteiger partial charge in [0.25, 0.3) is 0 Å². The minimum absolute atomic E-state index is 0.279. The number of fused-ring (bicyclic) bond motifs is 5. The molecule has 0 radical (unpaired) electrons. The van der Waals surface area contributed by atoms with Crippen molar-refractivity contribution in [3.63, 3.8) is 0 Å². The molecule has 42 heavy (non-hydrogen) atoms. The number of hydrogen-bond donors (Lipinski definition) is 0. The number of nitrogens with zero attached hydrogens (tertiary/aromatic N) is 2. The van der Waals surface area contributed by atoms with Crippen molar-refractivity contribution < 1.29 is 19.1 Å². The van der Waals surface area contributed by atoms with Crippen LogP contribution in [0.4, 0.5) is 5.69 Å². The number of carbonyl (C=O) groups excluding carboxylic acids is 3. The Labute approximate surface area is 252 Å². The third-order valence-electron chi connectivity index (χ3n) is 8.25. The van der Waals surface area contributed by atoms with Gasteiger partial charge in [-0.15, -0.1) is 0 Å². The number of rotatable bonds is 5. The van der Waals surface area contributed by atoms with Gasteiger partial charge in [0.1, 0.15) is 6.04 Å². The van der Waals surface area contributed by atoms with Crippen molar-refractivity contribution in [3.05, 3.63) is 142 Å². The molecule has 208 valence electrons. The van der Waals surface area contributed by atoms with E-state index in [1.807, 2.05) is 95.9 Å². The number of carbonyl (C=O) groups is 3. The number of amides is 2. The fraction of sp³-hybridized carbons (Fsp3) is 0.147. The highest BCUT2D eigenvalue weighted by Gasteiger charge is 2.65. The first-order valence-electron chi connectivity index (χ1n) is 13.6. The van der Waals surface area contributed by atoms with Crippen LogP contribution < -0.4 is 4.90 Å². The molecule has 0 saturated carbocycles. The third kappa shape index (κ3) is 4.30. The molecular weight excluding hydrogens is 571 g/mol. The molecular formula is C34H24Cl2N2O4. The molecule has 0 aliphatic carbocycles. The number of hydrogen-bond acceptors (Lipinski definition) is 5. The minimum Gasteiger partial charge on any atom is -0.451 e. The first-order chi connectivity index (χ1) is 20.4. The Bertz CT molecular complexity index is 1680. The Balaban J connectivity index is 1.32. The number of anilines is 1. The molecule has 6 nitrogen and oxygen atoms in total. The van der Waals surface area contributed by atoms with Gasteiger partial charge in [0.15, 0.2) is 6.10 Å². The van der Waals surface area contributed by atoms with E-state index in [4.69, 9.17) is 27.9 Å². The Kier molecular flexibility index (Phi) is 6.60. The quantitative estimate of drug-likeness (QED) is 0.187. The Hall–Kier alpha value is -4.39. The number of benzene rings is 4. The van der Waals surface area contributed by atoms with E-state index in [0.717, 1.165) is 27.2 Å². The SMILES string of the molecule is O=C(OC(c1ccccc1)c1ccccc1)[C@@H]1[C@@H]2C(=O)N(c3cc(Cl)cc(Cl)c3)C(=O)[C@H]2[C@H]2c3ccccc3C=CN12. The lowest BCUT2D eigenvalue weighted by Crippen LogP contribution is -2.45. The number of halogens is 2. The Morgan fingerprint density at radius 3 is 1.95 bits per heavy atom. The molecule has 3 aliphatic rings. The highest BCUT2D eigenvalue weighted by molar-refractivity contribution is 6.35. The third-order valence-corrected chi connectivity index (χ3v) is 8.68. The summed E-state index contributed by atoms with van der Waals surface area (Å²) < 4.78 is 6.28. The first-order valence-corrected chi connectivity index (χ1v) is 14.4. The van der Waals surface area contributed by atoms with Gasteiger partial charge in [-0.2, -0.15) is 0 Å². The number of ether oxygens (including phenoxy) is 1. The second kappa shape index (κ2) is 10.5. The molecule has 2 fully saturated rings. The molecule has 0 aromatic heterocycles. The average Bonchev–Trinajstić information content (AvgIpc) is 3.48. The molecule has 3 heterocycles. The van der Waals surface area contributed by atoms with E-state index in [9.17, 15) is 14.4 Å². The van der Waals surface area contributed by atoms with Gasteiger partial charge in [-0.25, -0.2) is 9.69 Å². The molecule has 4 aromatic carbocycles. The van der Waals surface area contributed by atoms with Gasteiger partial charge >= 0.3 is 5.97 Å². The van der Waals surface area contributed by atoms with E-state index >= 15 is 0 Å². The van der Waals surface area contributed by atoms with Crippen LogP contribution in [0.1, 0.15) is 34.4 Å². The van der Waals surface area contributed by atoms with Crippen LogP contribution in [0.15, 0.2) is 109 Å². The van der Waals surface area contributed by atoms with Crippen LogP contribution in [0.2, 0.25) is 10.0 Å². The summed E-state index contributed by atoms with van der Waals surface area (Å²) in [5.41, 5.74) is 3.68. The van der Waals surface area contributed by atoms with Gasteiger partial charge < -0.3 is 9.64 Å². The average molecular weight is 595 g/mol. The Morgan fingerprint density at radius 1 is 0.738 bits per heavy atom. The summed E-state index contributed by atoms with van der Waals surface area (Å²) in [6.45, 7) is 0. The number of imide groups is 1. The monoisotopic (exact) mass is 594 g/mol. The molecule has 4 atom stereocenters. The summed E-state index contributed by atoms with van der Waals surface area (Å²) >= 11 is 12.5. The lowest BCUT2D eigenvalue weighted by molar-refractivity contribution is -0.155. The van der Waals surface area contributed by atoms with Gasteiger partial charge in [0.05, 0.1) is 23.6 Å². The molecule has 3 aliphatic heterocycles. The Morgan fingerprint density at radius 2 is 1.31 bits per heavy atom. The summed E-state index contributed by atoms with van der Waals surface area (Å²) in [5.74, 6) is -3.26. The zero-order chi connectivity index (χ0) is 29.0. The largest absolute Gasteiger partial charge is 0.451 e. The summed E-state index contributed by atoms with van der Waals surface area (Å²) in [4.78, 5) is 45.6. The number of esters is 1. The second-order valence-electron chi connectivity index (χ2n) is 10.6. The van der Waals surface area contributed by atoms with Crippen molar-refractivity contribution in [1.82, 2.24) is 4.90 Å². The zero-order valence-electron chi connectivity index (χ0n) is 22.1. The highest BCUT2D eigenvalue weighted by Crippen LogP contribution is 2.54. The lowest BCUT2D eigenvalue weighted by atomic mass is 9.84. The summed E-state index contributed by atoms with van der Waals surface area (Å²) in [6.07, 6.45) is 3.01. The van der Waals surface area contributed by atoms with Crippen molar-refractivity contribution in [3.8, 4) is 0 Å². The molecule has 2 amide bonds. The van der Waals surface area contributed by atoms with Crippen LogP contribution in [0.25, 0.3) is 6.08 Å². The molecule has 0 unspecified atom stereocenters. The molecule has 2 saturated heterocycles. The summed E-state index contributed by atoms with van der Waals surface area (Å²) in [7, 11) is 0. The molecule has 0 spiro atoms. The predicted octanol–water partition coefficient (Wildman–Crippen LogP) is 6.84. The van der Waals surface area contributed by atoms with Gasteiger partial charge in [-0.05, 0) is 46.5 Å². The molecule has 4 aromatic rings. The van der Waals surface area contributed by atoms with Crippen LogP contribution in [-0.4, -0.2) is 28.7 Å². The fourth-order valence-corrected chi connectivity index (χ4v) is 7.03. The van der Waals surface area contributed by atoms with Crippen LogP contribution >= 0.6 is 23.2 Å². The molecule has 0 N–H and O–H groups in total. The van der Waals surface area contributed by atoms with Crippen LogP contribution in [0, 0.1) is 11.8 Å². The van der Waals surface area contributed by atoms with E-state index < -0.39 is 47.8 Å². The maximum atomic E-state index is 14.3. The summed E-state index contributed by atoms with van der Waals surface area (Å²) in [5, 5.41) is 0.597. The van der Waals surface area contributed by atoms with Crippen LogP contribution in [0.3, 0.4) is 0 Å². The van der Waals surface area contributed by atoms with Gasteiger partial charge in [0, 0.05) is 16.2 Å². The first kappa shape index (κ1) is 26.5. The van der Waals surface area contributed by atoms with Crippen molar-refractivity contribution >= 4 is 52.7 Å². The van der Waals surface area contributed by atoms with Crippen LogP contribution in [0.5, 0.6) is 0 Å². The van der Waals surface area contributed by atoms with Gasteiger partial charge in [0.2, 0.25) is 11.8 Å². The normalized spacial score (nSPS) is 22.3. The second-order valence-corrected chi connectivity index (χ2v) is 11.5. The standard InChI is InChI=1S/C34H24Cl2N2O4/c35-23-17-24(36)19-25(18-23)38-32(39)27-28(33(38)40)30(37-16-15-20-9-7-8-14-26(20)29(27)37)34(41)42-31(21-10-3-1-4-11-21)22-12-5-2-6-13-22/h1-19,27-31H/t27-,28-,29-,30+/m1/s1. The topological polar surface area (TPSA) is 66.9 Å². The molecule has 0 bridgehead atoms. The van der Waals surface area contributed by atoms with Crippen molar-refractivity contribution in [2.75, 3.05) is 4.90 Å². The highest BCUT2D eigenvalue weighted by atomic mass is 35.5. The summed E-state index contributed by atoms with van der Waals surface area (Å²) in [6, 6.07) is 29.7. The van der Waals surface area contributed by atoms with Crippen molar-refractivity contribution in [2.24, 2.45) is 11.8 Å². The van der Waals surface area contributed by atoms with Gasteiger partial charge in [-0.1, -0.05) is 108 Å². The predicted molar refractivity (Wildman–Crippen MR) is 161 cm³/mol.